The van der Waals surface area contributed by atoms with E-state index in [4.69, 9.17) is 0 Å². The second-order valence-electron chi connectivity index (χ2n) is 28.9. The number of hydrogen-bond acceptors (Lipinski definition) is 2. The summed E-state index contributed by atoms with van der Waals surface area (Å²) in [4.78, 5) is 5.45. The summed E-state index contributed by atoms with van der Waals surface area (Å²) in [6.45, 7) is 19.9. The fraction of sp³-hybridized carbons (Fsp3) is 0.284. The average molecular weight is 1080 g/mol. The molecular formula is C81H74N2. The summed E-state index contributed by atoms with van der Waals surface area (Å²) < 4.78 is 0. The second-order valence-corrected chi connectivity index (χ2v) is 28.9. The Hall–Kier alpha value is -7.94. The Morgan fingerprint density at radius 3 is 1.39 bits per heavy atom. The maximum atomic E-state index is 2.72. The van der Waals surface area contributed by atoms with E-state index in [1.54, 1.807) is 0 Å². The highest BCUT2D eigenvalue weighted by Gasteiger charge is 2.56. The minimum Gasteiger partial charge on any atom is -0.335 e. The highest BCUT2D eigenvalue weighted by molar-refractivity contribution is 6.27. The number of anilines is 4. The lowest BCUT2D eigenvalue weighted by Crippen LogP contribution is -2.48. The van der Waals surface area contributed by atoms with Crippen molar-refractivity contribution in [1.82, 2.24) is 0 Å². The van der Waals surface area contributed by atoms with Gasteiger partial charge in [-0.3, -0.25) is 0 Å². The highest BCUT2D eigenvalue weighted by atomic mass is 15.2. The summed E-state index contributed by atoms with van der Waals surface area (Å²) >= 11 is 0. The molecule has 2 heterocycles. The number of benzene rings is 11. The van der Waals surface area contributed by atoms with E-state index >= 15 is 0 Å². The molecule has 0 bridgehead atoms. The van der Waals surface area contributed by atoms with Crippen LogP contribution >= 0.6 is 0 Å². The van der Waals surface area contributed by atoms with E-state index in [2.05, 4.69) is 271 Å². The number of para-hydroxylation sites is 2. The first kappa shape index (κ1) is 49.7. The van der Waals surface area contributed by atoms with Crippen molar-refractivity contribution in [2.45, 2.75) is 122 Å². The van der Waals surface area contributed by atoms with Crippen LogP contribution in [0.2, 0.25) is 0 Å². The smallest absolute Gasteiger partial charge is 0.0726 e. The third-order valence-corrected chi connectivity index (χ3v) is 22.8. The van der Waals surface area contributed by atoms with Crippen LogP contribution in [0, 0.1) is 22.7 Å². The predicted molar refractivity (Wildman–Crippen MR) is 350 cm³/mol. The van der Waals surface area contributed by atoms with Gasteiger partial charge in [0.25, 0.3) is 0 Å². The number of fused-ring (bicyclic) bond motifs is 17. The molecule has 408 valence electrons. The van der Waals surface area contributed by atoms with Crippen molar-refractivity contribution in [2.75, 3.05) is 9.80 Å². The van der Waals surface area contributed by atoms with Crippen LogP contribution in [0.3, 0.4) is 0 Å². The van der Waals surface area contributed by atoms with Crippen molar-refractivity contribution >= 4 is 55.1 Å². The standard InChI is InChI=1S/C81H74N2/c1-77(2,3)56-38-40-79(7)67(47-56)64-42-51(31-36-72(64)82(79)58-20-11-9-12-21-58)53-29-33-60-61-34-30-54(52-32-37-73-65(43-52)68-48-57(78(4,5)6)39-41-80(68,8)83(73)59-22-13-10-14-23-59)45-70(61)81(69(60)44-53)66-25-16-15-24-62(66)76-63-35-28-50-19-17-18-49-26-27-55(46-71(76)81)75(63)74(49)50/h9-37,42-46,56-57,67-68H,38-41,47-48H2,1-8H3. The van der Waals surface area contributed by atoms with Crippen molar-refractivity contribution in [3.05, 3.63) is 240 Å². The Balaban J connectivity index is 0.880. The van der Waals surface area contributed by atoms with Gasteiger partial charge in [-0.15, -0.1) is 0 Å². The highest BCUT2D eigenvalue weighted by Crippen LogP contribution is 2.67. The molecule has 2 aliphatic heterocycles. The lowest BCUT2D eigenvalue weighted by molar-refractivity contribution is 0.127. The van der Waals surface area contributed by atoms with Crippen molar-refractivity contribution in [3.63, 3.8) is 0 Å². The van der Waals surface area contributed by atoms with Crippen LogP contribution in [0.5, 0.6) is 0 Å². The molecule has 6 aliphatic rings. The zero-order chi connectivity index (χ0) is 56.1. The number of rotatable bonds is 4. The van der Waals surface area contributed by atoms with Crippen molar-refractivity contribution < 1.29 is 0 Å². The van der Waals surface area contributed by atoms with Crippen molar-refractivity contribution in [2.24, 2.45) is 22.7 Å². The molecule has 6 atom stereocenters. The van der Waals surface area contributed by atoms with Gasteiger partial charge >= 0.3 is 0 Å². The predicted octanol–water partition coefficient (Wildman–Crippen LogP) is 21.9. The summed E-state index contributed by atoms with van der Waals surface area (Å²) in [7, 11) is 0. The van der Waals surface area contributed by atoms with Gasteiger partial charge in [-0.2, -0.15) is 0 Å². The molecule has 0 aromatic heterocycles. The minimum absolute atomic E-state index is 0.00268. The largest absolute Gasteiger partial charge is 0.335 e. The molecular weight excluding hydrogens is 1000 g/mol. The van der Waals surface area contributed by atoms with Gasteiger partial charge in [0.1, 0.15) is 0 Å². The molecule has 0 N–H and O–H groups in total. The van der Waals surface area contributed by atoms with Crippen LogP contribution in [-0.2, 0) is 5.41 Å². The zero-order valence-electron chi connectivity index (χ0n) is 49.6. The normalized spacial score (nSPS) is 24.7. The van der Waals surface area contributed by atoms with Crippen LogP contribution in [0.15, 0.2) is 206 Å². The molecule has 2 nitrogen and oxygen atoms in total. The molecule has 0 amide bonds. The maximum absolute atomic E-state index is 2.72. The Kier molecular flexibility index (Phi) is 10.2. The van der Waals surface area contributed by atoms with E-state index < -0.39 is 5.41 Å². The van der Waals surface area contributed by atoms with E-state index in [0.717, 1.165) is 0 Å². The van der Waals surface area contributed by atoms with Gasteiger partial charge in [0.05, 0.1) is 5.41 Å². The van der Waals surface area contributed by atoms with Gasteiger partial charge in [0.2, 0.25) is 0 Å². The fourth-order valence-electron chi connectivity index (χ4n) is 18.5. The number of nitrogens with zero attached hydrogens (tertiary/aromatic N) is 2. The van der Waals surface area contributed by atoms with Crippen LogP contribution in [0.25, 0.3) is 76.8 Å². The maximum Gasteiger partial charge on any atom is 0.0726 e. The third kappa shape index (κ3) is 6.73. The van der Waals surface area contributed by atoms with E-state index in [1.165, 1.54) is 171 Å². The van der Waals surface area contributed by atoms with Crippen LogP contribution in [0.1, 0.15) is 139 Å². The molecule has 0 saturated heterocycles. The first-order chi connectivity index (χ1) is 40.1. The van der Waals surface area contributed by atoms with Gasteiger partial charge in [0.15, 0.2) is 0 Å². The van der Waals surface area contributed by atoms with Gasteiger partial charge < -0.3 is 9.80 Å². The Morgan fingerprint density at radius 2 is 0.855 bits per heavy atom. The fourth-order valence-corrected chi connectivity index (χ4v) is 18.5. The molecule has 83 heavy (non-hydrogen) atoms. The molecule has 6 unspecified atom stereocenters. The van der Waals surface area contributed by atoms with Crippen LogP contribution in [0.4, 0.5) is 22.7 Å². The van der Waals surface area contributed by atoms with Gasteiger partial charge in [0, 0.05) is 45.7 Å². The molecule has 2 fully saturated rings. The van der Waals surface area contributed by atoms with E-state index in [-0.39, 0.29) is 21.9 Å². The minimum atomic E-state index is -0.571. The Labute approximate surface area is 491 Å². The summed E-state index contributed by atoms with van der Waals surface area (Å²) in [5.41, 5.74) is 24.5. The molecule has 11 aromatic rings. The van der Waals surface area contributed by atoms with Gasteiger partial charge in [-0.1, -0.05) is 181 Å². The lowest BCUT2D eigenvalue weighted by Gasteiger charge is -2.49. The molecule has 1 spiro atoms. The van der Waals surface area contributed by atoms with Crippen LogP contribution < -0.4 is 9.80 Å². The third-order valence-electron chi connectivity index (χ3n) is 22.8. The van der Waals surface area contributed by atoms with Crippen LogP contribution in [-0.4, -0.2) is 11.1 Å². The first-order valence-corrected chi connectivity index (χ1v) is 31.2. The molecule has 4 aliphatic carbocycles. The topological polar surface area (TPSA) is 6.48 Å². The summed E-state index contributed by atoms with van der Waals surface area (Å²) in [6, 6.07) is 81.3. The molecule has 17 rings (SSSR count). The van der Waals surface area contributed by atoms with Crippen molar-refractivity contribution in [1.29, 1.82) is 0 Å². The zero-order valence-corrected chi connectivity index (χ0v) is 49.6. The molecule has 0 radical (unpaired) electrons. The average Bonchev–Trinajstić information content (AvgIpc) is 1.56. The van der Waals surface area contributed by atoms with Gasteiger partial charge in [-0.05, 0) is 252 Å². The van der Waals surface area contributed by atoms with Gasteiger partial charge in [-0.25, -0.2) is 0 Å². The lowest BCUT2D eigenvalue weighted by atomic mass is 9.62. The summed E-state index contributed by atoms with van der Waals surface area (Å²) in [6.07, 6.45) is 7.26. The monoisotopic (exact) mass is 1070 g/mol. The Bertz CT molecular complexity index is 4290. The molecule has 2 heteroatoms. The summed E-state index contributed by atoms with van der Waals surface area (Å²) in [5.74, 6) is 2.17. The van der Waals surface area contributed by atoms with E-state index in [9.17, 15) is 0 Å². The van der Waals surface area contributed by atoms with Crippen molar-refractivity contribution in [3.8, 4) is 44.5 Å². The van der Waals surface area contributed by atoms with E-state index in [1.807, 2.05) is 0 Å². The molecule has 11 aromatic carbocycles. The first-order valence-electron chi connectivity index (χ1n) is 31.2. The second kappa shape index (κ2) is 17.1. The number of hydrogen-bond donors (Lipinski definition) is 0. The SMILES string of the molecule is CC(C)(C)C1CCC2(C)C(C1)c1cc(-c3ccc4c(c3)C3(c5cc(-c6ccc7c(c6)C6CC(C(C)(C)C)CCC6(C)N7c6ccccc6)ccc5-4)c4ccccc4-c4c3cc3ccc5cccc6ccc4c3c56)ccc1N2c1ccccc1. The summed E-state index contributed by atoms with van der Waals surface area (Å²) in [5, 5.41) is 8.03. The quantitative estimate of drug-likeness (QED) is 0.162. The Morgan fingerprint density at radius 1 is 0.386 bits per heavy atom. The van der Waals surface area contributed by atoms with E-state index in [0.29, 0.717) is 23.7 Å². The molecule has 2 saturated carbocycles.